The van der Waals surface area contributed by atoms with Crippen LogP contribution in [-0.4, -0.2) is 25.8 Å². The van der Waals surface area contributed by atoms with E-state index in [-0.39, 0.29) is 23.0 Å². The second-order valence-electron chi connectivity index (χ2n) is 5.21. The average Bonchev–Trinajstić information content (AvgIpc) is 2.41. The fourth-order valence-corrected chi connectivity index (χ4v) is 4.62. The molecule has 1 aliphatic rings. The molecule has 1 aliphatic heterocycles. The molecule has 0 amide bonds. The molecule has 0 aliphatic carbocycles. The van der Waals surface area contributed by atoms with Crippen LogP contribution in [0.25, 0.3) is 0 Å². The van der Waals surface area contributed by atoms with Crippen LogP contribution in [0.5, 0.6) is 0 Å². The third-order valence-corrected chi connectivity index (χ3v) is 5.81. The predicted octanol–water partition coefficient (Wildman–Crippen LogP) is 1.43. The van der Waals surface area contributed by atoms with Gasteiger partial charge < -0.3 is 10.8 Å². The lowest BCUT2D eigenvalue weighted by Crippen LogP contribution is -2.44. The Labute approximate surface area is 114 Å². The first-order valence-corrected chi connectivity index (χ1v) is 8.35. The van der Waals surface area contributed by atoms with Gasteiger partial charge >= 0.3 is 0 Å². The first-order chi connectivity index (χ1) is 8.95. The minimum atomic E-state index is -3.27. The summed E-state index contributed by atoms with van der Waals surface area (Å²) in [5.74, 6) is -0.116. The van der Waals surface area contributed by atoms with Crippen molar-refractivity contribution in [3.63, 3.8) is 0 Å². The van der Waals surface area contributed by atoms with E-state index in [0.29, 0.717) is 12.1 Å². The minimum absolute atomic E-state index is 0.0132. The summed E-state index contributed by atoms with van der Waals surface area (Å²) in [5, 5.41) is 11.0. The highest BCUT2D eigenvalue weighted by Crippen LogP contribution is 2.42. The van der Waals surface area contributed by atoms with Crippen molar-refractivity contribution in [1.82, 2.24) is 0 Å². The molecule has 106 valence electrons. The lowest BCUT2D eigenvalue weighted by atomic mass is 9.76. The zero-order chi connectivity index (χ0) is 14.1. The fraction of sp³-hybridized carbons (Fsp3) is 0.571. The molecule has 5 heteroatoms. The maximum Gasteiger partial charge on any atom is 0.178 e. The van der Waals surface area contributed by atoms with Crippen LogP contribution in [0.4, 0.5) is 0 Å². The summed E-state index contributed by atoms with van der Waals surface area (Å²) in [6, 6.07) is 6.75. The maximum absolute atomic E-state index is 12.1. The van der Waals surface area contributed by atoms with E-state index in [4.69, 9.17) is 5.73 Å². The summed E-state index contributed by atoms with van der Waals surface area (Å²) in [6.07, 6.45) is 1.94. The Morgan fingerprint density at radius 3 is 2.74 bits per heavy atom. The molecule has 2 unspecified atom stereocenters. The van der Waals surface area contributed by atoms with Crippen LogP contribution in [0.15, 0.2) is 29.2 Å². The van der Waals surface area contributed by atoms with Crippen molar-refractivity contribution >= 4 is 9.84 Å². The molecule has 1 heterocycles. The molecule has 0 aromatic heterocycles. The standard InChI is InChI=1S/C14H21NO3S/c1-2-5-11(10-15)14(16)8-9-19(17,18)13-7-4-3-6-12(13)14/h3-4,6-7,11,16H,2,5,8-10,15H2,1H3. The Kier molecular flexibility index (Phi) is 3.99. The van der Waals surface area contributed by atoms with Gasteiger partial charge in [0.15, 0.2) is 9.84 Å². The number of nitrogens with two attached hydrogens (primary N) is 1. The van der Waals surface area contributed by atoms with Gasteiger partial charge in [-0.1, -0.05) is 31.5 Å². The molecule has 4 nitrogen and oxygen atoms in total. The molecule has 2 atom stereocenters. The Morgan fingerprint density at radius 1 is 1.42 bits per heavy atom. The van der Waals surface area contributed by atoms with Crippen LogP contribution in [-0.2, 0) is 15.4 Å². The molecule has 0 saturated heterocycles. The molecule has 1 aromatic carbocycles. The number of benzene rings is 1. The van der Waals surface area contributed by atoms with Crippen molar-refractivity contribution in [2.75, 3.05) is 12.3 Å². The molecule has 19 heavy (non-hydrogen) atoms. The zero-order valence-electron chi connectivity index (χ0n) is 11.2. The second kappa shape index (κ2) is 5.23. The van der Waals surface area contributed by atoms with Crippen LogP contribution in [0.3, 0.4) is 0 Å². The molecular formula is C14H21NO3S. The number of sulfone groups is 1. The van der Waals surface area contributed by atoms with Gasteiger partial charge in [0.25, 0.3) is 0 Å². The van der Waals surface area contributed by atoms with Crippen LogP contribution in [0.2, 0.25) is 0 Å². The molecule has 0 spiro atoms. The van der Waals surface area contributed by atoms with Gasteiger partial charge in [0, 0.05) is 11.5 Å². The number of hydrogen-bond donors (Lipinski definition) is 2. The molecule has 0 radical (unpaired) electrons. The summed E-state index contributed by atoms with van der Waals surface area (Å²) >= 11 is 0. The number of fused-ring (bicyclic) bond motifs is 1. The quantitative estimate of drug-likeness (QED) is 0.876. The van der Waals surface area contributed by atoms with Crippen LogP contribution in [0.1, 0.15) is 31.7 Å². The average molecular weight is 283 g/mol. The van der Waals surface area contributed by atoms with Gasteiger partial charge in [0.2, 0.25) is 0 Å². The van der Waals surface area contributed by atoms with Crippen LogP contribution < -0.4 is 5.73 Å². The van der Waals surface area contributed by atoms with Crippen molar-refractivity contribution in [2.45, 2.75) is 36.7 Å². The Bertz CT molecular complexity index is 556. The first kappa shape index (κ1) is 14.5. The van der Waals surface area contributed by atoms with Crippen molar-refractivity contribution in [1.29, 1.82) is 0 Å². The van der Waals surface area contributed by atoms with Gasteiger partial charge in [-0.2, -0.15) is 0 Å². The number of hydrogen-bond acceptors (Lipinski definition) is 4. The summed E-state index contributed by atoms with van der Waals surface area (Å²) in [6.45, 7) is 2.40. The summed E-state index contributed by atoms with van der Waals surface area (Å²) in [7, 11) is -3.27. The minimum Gasteiger partial charge on any atom is -0.385 e. The van der Waals surface area contributed by atoms with E-state index in [1.165, 1.54) is 0 Å². The lowest BCUT2D eigenvalue weighted by molar-refractivity contribution is -0.0319. The van der Waals surface area contributed by atoms with Gasteiger partial charge in [-0.3, -0.25) is 0 Å². The summed E-state index contributed by atoms with van der Waals surface area (Å²) < 4.78 is 24.2. The third-order valence-electron chi connectivity index (χ3n) is 4.04. The van der Waals surface area contributed by atoms with E-state index in [0.717, 1.165) is 12.8 Å². The Morgan fingerprint density at radius 2 is 2.11 bits per heavy atom. The molecule has 0 saturated carbocycles. The van der Waals surface area contributed by atoms with E-state index in [1.807, 2.05) is 6.92 Å². The summed E-state index contributed by atoms with van der Waals surface area (Å²) in [5.41, 5.74) is 5.19. The van der Waals surface area contributed by atoms with Gasteiger partial charge in [-0.15, -0.1) is 0 Å². The number of rotatable bonds is 4. The topological polar surface area (TPSA) is 80.4 Å². The first-order valence-electron chi connectivity index (χ1n) is 6.70. The van der Waals surface area contributed by atoms with Crippen molar-refractivity contribution in [3.8, 4) is 0 Å². The van der Waals surface area contributed by atoms with Crippen molar-refractivity contribution in [3.05, 3.63) is 29.8 Å². The molecule has 1 aromatic rings. The zero-order valence-corrected chi connectivity index (χ0v) is 12.0. The van der Waals surface area contributed by atoms with E-state index < -0.39 is 15.4 Å². The van der Waals surface area contributed by atoms with Crippen LogP contribution >= 0.6 is 0 Å². The van der Waals surface area contributed by atoms with Gasteiger partial charge in [-0.25, -0.2) is 8.42 Å². The van der Waals surface area contributed by atoms with Crippen molar-refractivity contribution in [2.24, 2.45) is 11.7 Å². The Balaban J connectivity index is 2.55. The predicted molar refractivity (Wildman–Crippen MR) is 74.5 cm³/mol. The second-order valence-corrected chi connectivity index (χ2v) is 7.29. The Hall–Kier alpha value is -0.910. The lowest BCUT2D eigenvalue weighted by Gasteiger charge is -2.40. The smallest absolute Gasteiger partial charge is 0.178 e. The monoisotopic (exact) mass is 283 g/mol. The molecule has 0 bridgehead atoms. The highest BCUT2D eigenvalue weighted by atomic mass is 32.2. The van der Waals surface area contributed by atoms with Gasteiger partial charge in [-0.05, 0) is 25.5 Å². The number of aliphatic hydroxyl groups is 1. The molecule has 0 fully saturated rings. The van der Waals surface area contributed by atoms with Gasteiger partial charge in [0.05, 0.1) is 16.2 Å². The van der Waals surface area contributed by atoms with E-state index in [2.05, 4.69) is 0 Å². The fourth-order valence-electron chi connectivity index (χ4n) is 2.95. The maximum atomic E-state index is 12.1. The SMILES string of the molecule is CCCC(CN)C1(O)CCS(=O)(=O)c2ccccc21. The highest BCUT2D eigenvalue weighted by molar-refractivity contribution is 7.91. The largest absolute Gasteiger partial charge is 0.385 e. The van der Waals surface area contributed by atoms with Crippen LogP contribution in [0, 0.1) is 5.92 Å². The van der Waals surface area contributed by atoms with E-state index in [9.17, 15) is 13.5 Å². The van der Waals surface area contributed by atoms with Crippen molar-refractivity contribution < 1.29 is 13.5 Å². The molecule has 2 rings (SSSR count). The molecular weight excluding hydrogens is 262 g/mol. The normalized spacial score (nSPS) is 26.7. The molecule has 3 N–H and O–H groups in total. The summed E-state index contributed by atoms with van der Waals surface area (Å²) in [4.78, 5) is 0.262. The highest BCUT2D eigenvalue weighted by Gasteiger charge is 2.44. The van der Waals surface area contributed by atoms with Gasteiger partial charge in [0.1, 0.15) is 0 Å². The third kappa shape index (κ3) is 2.42. The van der Waals surface area contributed by atoms with E-state index >= 15 is 0 Å². The van der Waals surface area contributed by atoms with E-state index in [1.54, 1.807) is 24.3 Å².